The van der Waals surface area contributed by atoms with E-state index in [0.717, 1.165) is 16.3 Å². The van der Waals surface area contributed by atoms with Crippen molar-refractivity contribution in [2.45, 2.75) is 6.92 Å². The van der Waals surface area contributed by atoms with E-state index in [-0.39, 0.29) is 11.7 Å². The fraction of sp³-hybridized carbons (Fsp3) is 0.133. The highest BCUT2D eigenvalue weighted by atomic mass is 16.5. The highest BCUT2D eigenvalue weighted by molar-refractivity contribution is 5.90. The van der Waals surface area contributed by atoms with Crippen LogP contribution in [-0.2, 0) is 9.53 Å². The van der Waals surface area contributed by atoms with Gasteiger partial charge in [0.05, 0.1) is 6.61 Å². The van der Waals surface area contributed by atoms with Gasteiger partial charge in [-0.1, -0.05) is 18.2 Å². The smallest absolute Gasteiger partial charge is 0.330 e. The van der Waals surface area contributed by atoms with Crippen molar-refractivity contribution >= 4 is 22.8 Å². The second-order valence-corrected chi connectivity index (χ2v) is 3.88. The zero-order chi connectivity index (χ0) is 13.0. The third kappa shape index (κ3) is 2.88. The van der Waals surface area contributed by atoms with Gasteiger partial charge in [-0.25, -0.2) is 4.79 Å². The molecule has 0 aliphatic rings. The predicted octanol–water partition coefficient (Wildman–Crippen LogP) is 3.12. The van der Waals surface area contributed by atoms with Gasteiger partial charge in [0, 0.05) is 6.08 Å². The number of esters is 1. The Morgan fingerprint density at radius 1 is 1.22 bits per heavy atom. The maximum atomic E-state index is 11.2. The molecule has 0 radical (unpaired) electrons. The molecule has 0 saturated heterocycles. The van der Waals surface area contributed by atoms with Gasteiger partial charge >= 0.3 is 5.97 Å². The van der Waals surface area contributed by atoms with Crippen molar-refractivity contribution in [3.05, 3.63) is 48.0 Å². The minimum Gasteiger partial charge on any atom is -0.508 e. The maximum absolute atomic E-state index is 11.2. The van der Waals surface area contributed by atoms with Gasteiger partial charge in [-0.3, -0.25) is 0 Å². The molecule has 3 nitrogen and oxygen atoms in total. The van der Waals surface area contributed by atoms with Crippen molar-refractivity contribution in [1.82, 2.24) is 0 Å². The molecule has 2 aromatic rings. The second-order valence-electron chi connectivity index (χ2n) is 3.88. The molecule has 0 amide bonds. The Morgan fingerprint density at radius 3 is 2.72 bits per heavy atom. The molecule has 1 N–H and O–H groups in total. The van der Waals surface area contributed by atoms with Crippen LogP contribution in [0.15, 0.2) is 42.5 Å². The number of aromatic hydroxyl groups is 1. The van der Waals surface area contributed by atoms with Crippen molar-refractivity contribution in [3.8, 4) is 5.75 Å². The monoisotopic (exact) mass is 242 g/mol. The van der Waals surface area contributed by atoms with Crippen LogP contribution in [0.25, 0.3) is 16.8 Å². The van der Waals surface area contributed by atoms with E-state index in [1.54, 1.807) is 25.1 Å². The first-order chi connectivity index (χ1) is 8.69. The van der Waals surface area contributed by atoms with Crippen molar-refractivity contribution in [1.29, 1.82) is 0 Å². The summed E-state index contributed by atoms with van der Waals surface area (Å²) in [7, 11) is 0. The van der Waals surface area contributed by atoms with Gasteiger partial charge in [-0.15, -0.1) is 0 Å². The number of phenols is 1. The normalized spacial score (nSPS) is 10.9. The first kappa shape index (κ1) is 12.2. The number of phenolic OH excluding ortho intramolecular Hbond substituents is 1. The zero-order valence-electron chi connectivity index (χ0n) is 10.1. The van der Waals surface area contributed by atoms with Crippen LogP contribution in [0.4, 0.5) is 0 Å². The lowest BCUT2D eigenvalue weighted by atomic mass is 10.1. The molecular weight excluding hydrogens is 228 g/mol. The van der Waals surface area contributed by atoms with E-state index in [4.69, 9.17) is 4.74 Å². The first-order valence-electron chi connectivity index (χ1n) is 5.76. The topological polar surface area (TPSA) is 46.5 Å². The molecule has 2 rings (SSSR count). The Kier molecular flexibility index (Phi) is 3.63. The highest BCUT2D eigenvalue weighted by Crippen LogP contribution is 2.21. The number of hydrogen-bond donors (Lipinski definition) is 1. The van der Waals surface area contributed by atoms with Gasteiger partial charge < -0.3 is 9.84 Å². The molecule has 0 spiro atoms. The fourth-order valence-electron chi connectivity index (χ4n) is 1.71. The average molecular weight is 242 g/mol. The number of carbonyl (C=O) groups is 1. The molecule has 0 aliphatic carbocycles. The largest absolute Gasteiger partial charge is 0.508 e. The Morgan fingerprint density at radius 2 is 1.94 bits per heavy atom. The molecule has 0 saturated carbocycles. The predicted molar refractivity (Wildman–Crippen MR) is 71.3 cm³/mol. The summed E-state index contributed by atoms with van der Waals surface area (Å²) in [6, 6.07) is 10.9. The summed E-state index contributed by atoms with van der Waals surface area (Å²) in [5.41, 5.74) is 0.918. The number of rotatable bonds is 3. The lowest BCUT2D eigenvalue weighted by Gasteiger charge is -2.00. The molecule has 0 atom stereocenters. The van der Waals surface area contributed by atoms with Crippen molar-refractivity contribution in [3.63, 3.8) is 0 Å². The Hall–Kier alpha value is -2.29. The number of carbonyl (C=O) groups excluding carboxylic acids is 1. The molecule has 18 heavy (non-hydrogen) atoms. The highest BCUT2D eigenvalue weighted by Gasteiger charge is 1.97. The van der Waals surface area contributed by atoms with E-state index in [1.165, 1.54) is 6.08 Å². The molecule has 0 fully saturated rings. The quantitative estimate of drug-likeness (QED) is 0.664. The SMILES string of the molecule is CCOC(=O)C=Cc1ccc2cc(O)ccc2c1. The lowest BCUT2D eigenvalue weighted by Crippen LogP contribution is -1.98. The van der Waals surface area contributed by atoms with E-state index < -0.39 is 0 Å². The van der Waals surface area contributed by atoms with Crippen molar-refractivity contribution in [2.75, 3.05) is 6.61 Å². The van der Waals surface area contributed by atoms with E-state index in [9.17, 15) is 9.90 Å². The molecule has 0 bridgehead atoms. The summed E-state index contributed by atoms with van der Waals surface area (Å²) in [5, 5.41) is 11.3. The molecule has 3 heteroatoms. The van der Waals surface area contributed by atoms with Gasteiger partial charge in [-0.2, -0.15) is 0 Å². The molecule has 0 aromatic heterocycles. The maximum Gasteiger partial charge on any atom is 0.330 e. The second kappa shape index (κ2) is 5.36. The van der Waals surface area contributed by atoms with Crippen molar-refractivity contribution < 1.29 is 14.6 Å². The molecular formula is C15H14O3. The van der Waals surface area contributed by atoms with E-state index in [0.29, 0.717) is 6.61 Å². The van der Waals surface area contributed by atoms with Crippen LogP contribution in [0.5, 0.6) is 5.75 Å². The number of benzene rings is 2. The summed E-state index contributed by atoms with van der Waals surface area (Å²) in [5.74, 6) is -0.0966. The molecule has 2 aromatic carbocycles. The molecule has 92 valence electrons. The van der Waals surface area contributed by atoms with Crippen LogP contribution in [0.1, 0.15) is 12.5 Å². The van der Waals surface area contributed by atoms with E-state index in [1.807, 2.05) is 24.3 Å². The fourth-order valence-corrected chi connectivity index (χ4v) is 1.71. The Bertz CT molecular complexity index is 600. The summed E-state index contributed by atoms with van der Waals surface area (Å²) < 4.78 is 4.81. The number of hydrogen-bond acceptors (Lipinski definition) is 3. The third-order valence-electron chi connectivity index (χ3n) is 2.55. The standard InChI is InChI=1S/C15H14O3/c1-2-18-15(17)8-4-11-3-5-13-10-14(16)7-6-12(13)9-11/h3-10,16H,2H2,1H3. The zero-order valence-corrected chi connectivity index (χ0v) is 10.1. The van der Waals surface area contributed by atoms with Gasteiger partial charge in [-0.05, 0) is 47.5 Å². The van der Waals surface area contributed by atoms with Crippen LogP contribution in [0, 0.1) is 0 Å². The average Bonchev–Trinajstić information content (AvgIpc) is 2.36. The van der Waals surface area contributed by atoms with Gasteiger partial charge in [0.15, 0.2) is 0 Å². The minimum absolute atomic E-state index is 0.248. The van der Waals surface area contributed by atoms with Crippen LogP contribution >= 0.6 is 0 Å². The van der Waals surface area contributed by atoms with Gasteiger partial charge in [0.25, 0.3) is 0 Å². The van der Waals surface area contributed by atoms with Crippen LogP contribution in [0.2, 0.25) is 0 Å². The van der Waals surface area contributed by atoms with E-state index in [2.05, 4.69) is 0 Å². The summed E-state index contributed by atoms with van der Waals surface area (Å²) >= 11 is 0. The van der Waals surface area contributed by atoms with Crippen LogP contribution in [-0.4, -0.2) is 17.7 Å². The van der Waals surface area contributed by atoms with Gasteiger partial charge in [0.2, 0.25) is 0 Å². The van der Waals surface area contributed by atoms with Gasteiger partial charge in [0.1, 0.15) is 5.75 Å². The summed E-state index contributed by atoms with van der Waals surface area (Å²) in [6.07, 6.45) is 3.12. The molecule has 0 aliphatic heterocycles. The summed E-state index contributed by atoms with van der Waals surface area (Å²) in [6.45, 7) is 2.15. The molecule has 0 unspecified atom stereocenters. The lowest BCUT2D eigenvalue weighted by molar-refractivity contribution is -0.137. The van der Waals surface area contributed by atoms with Crippen LogP contribution in [0.3, 0.4) is 0 Å². The Balaban J connectivity index is 2.25. The number of ether oxygens (including phenoxy) is 1. The van der Waals surface area contributed by atoms with Crippen LogP contribution < -0.4 is 0 Å². The molecule has 0 heterocycles. The minimum atomic E-state index is -0.344. The van der Waals surface area contributed by atoms with Crippen molar-refractivity contribution in [2.24, 2.45) is 0 Å². The Labute approximate surface area is 105 Å². The first-order valence-corrected chi connectivity index (χ1v) is 5.76. The van der Waals surface area contributed by atoms with E-state index >= 15 is 0 Å². The third-order valence-corrected chi connectivity index (χ3v) is 2.55. The number of fused-ring (bicyclic) bond motifs is 1. The summed E-state index contributed by atoms with van der Waals surface area (Å²) in [4.78, 5) is 11.2.